The zero-order valence-corrected chi connectivity index (χ0v) is 15.9. The minimum Gasteiger partial charge on any atom is -0.495 e. The molecule has 0 spiro atoms. The molecule has 0 saturated carbocycles. The van der Waals surface area contributed by atoms with Gasteiger partial charge in [0.05, 0.1) is 31.6 Å². The van der Waals surface area contributed by atoms with E-state index in [0.717, 1.165) is 17.6 Å². The van der Waals surface area contributed by atoms with Gasteiger partial charge in [-0.15, -0.1) is 0 Å². The quantitative estimate of drug-likeness (QED) is 0.828. The van der Waals surface area contributed by atoms with Crippen molar-refractivity contribution in [3.63, 3.8) is 0 Å². The lowest BCUT2D eigenvalue weighted by Crippen LogP contribution is -2.42. The van der Waals surface area contributed by atoms with Crippen LogP contribution < -0.4 is 15.6 Å². The topological polar surface area (TPSA) is 72.8 Å². The number of alkyl halides is 3. The van der Waals surface area contributed by atoms with Crippen molar-refractivity contribution in [1.82, 2.24) is 8.86 Å². The van der Waals surface area contributed by atoms with Crippen LogP contribution in [0.5, 0.6) is 5.75 Å². The maximum atomic E-state index is 13.5. The number of halogens is 3. The van der Waals surface area contributed by atoms with Crippen LogP contribution in [0.15, 0.2) is 23.0 Å². The Hall–Kier alpha value is -2.53. The van der Waals surface area contributed by atoms with Crippen LogP contribution in [0, 0.1) is 0 Å². The number of hydrogen-bond donors (Lipinski definition) is 1. The standard InChI is InChI=1S/C17H18F3N3O4S/c1-22-15(24)12(16(25)23-6-8-27-9-7-23)14(28-22)21-13-10(17(18,19)20)4-3-5-11(13)26-2/h3-5,21H,6-9H2,1-2H3. The second-order valence-electron chi connectivity index (χ2n) is 6.01. The van der Waals surface area contributed by atoms with Gasteiger partial charge in [0.15, 0.2) is 0 Å². The van der Waals surface area contributed by atoms with Gasteiger partial charge >= 0.3 is 6.18 Å². The predicted molar refractivity (Wildman–Crippen MR) is 97.6 cm³/mol. The average Bonchev–Trinajstić information content (AvgIpc) is 2.94. The van der Waals surface area contributed by atoms with Crippen molar-refractivity contribution < 1.29 is 27.4 Å². The number of aryl methyl sites for hydroxylation is 1. The first-order valence-electron chi connectivity index (χ1n) is 8.32. The zero-order chi connectivity index (χ0) is 20.5. The fraction of sp³-hybridized carbons (Fsp3) is 0.412. The number of ether oxygens (including phenoxy) is 2. The Balaban J connectivity index is 2.06. The Kier molecular flexibility index (Phi) is 5.66. The number of rotatable bonds is 4. The Morgan fingerprint density at radius 2 is 1.96 bits per heavy atom. The van der Waals surface area contributed by atoms with Crippen LogP contribution in [0.4, 0.5) is 23.9 Å². The lowest BCUT2D eigenvalue weighted by molar-refractivity contribution is -0.137. The molecular weight excluding hydrogens is 399 g/mol. The molecule has 152 valence electrons. The van der Waals surface area contributed by atoms with Crippen LogP contribution in [0.2, 0.25) is 0 Å². The molecule has 1 aliphatic rings. The van der Waals surface area contributed by atoms with Gasteiger partial charge in [-0.05, 0) is 23.7 Å². The summed E-state index contributed by atoms with van der Waals surface area (Å²) < 4.78 is 51.8. The number of anilines is 2. The molecule has 0 radical (unpaired) electrons. The second-order valence-corrected chi connectivity index (χ2v) is 7.15. The normalized spacial score (nSPS) is 14.8. The summed E-state index contributed by atoms with van der Waals surface area (Å²) >= 11 is 0.858. The van der Waals surface area contributed by atoms with Crippen molar-refractivity contribution in [1.29, 1.82) is 0 Å². The summed E-state index contributed by atoms with van der Waals surface area (Å²) in [6, 6.07) is 3.49. The van der Waals surface area contributed by atoms with E-state index in [1.807, 2.05) is 0 Å². The Labute approximate surface area is 162 Å². The van der Waals surface area contributed by atoms with E-state index >= 15 is 0 Å². The molecule has 3 rings (SSSR count). The number of benzene rings is 1. The molecule has 1 fully saturated rings. The lowest BCUT2D eigenvalue weighted by Gasteiger charge is -2.26. The molecule has 11 heteroatoms. The van der Waals surface area contributed by atoms with Gasteiger partial charge in [-0.3, -0.25) is 13.5 Å². The van der Waals surface area contributed by atoms with Crippen molar-refractivity contribution >= 4 is 28.1 Å². The maximum absolute atomic E-state index is 13.5. The van der Waals surface area contributed by atoms with Gasteiger partial charge in [-0.2, -0.15) is 13.2 Å². The molecule has 28 heavy (non-hydrogen) atoms. The third kappa shape index (κ3) is 3.85. The fourth-order valence-corrected chi connectivity index (χ4v) is 3.72. The molecule has 0 atom stereocenters. The largest absolute Gasteiger partial charge is 0.495 e. The van der Waals surface area contributed by atoms with Gasteiger partial charge in [0, 0.05) is 20.1 Å². The smallest absolute Gasteiger partial charge is 0.418 e. The molecule has 1 aromatic carbocycles. The minimum atomic E-state index is -4.65. The molecule has 0 unspecified atom stereocenters. The molecule has 1 saturated heterocycles. The van der Waals surface area contributed by atoms with E-state index in [0.29, 0.717) is 26.3 Å². The molecule has 1 aromatic heterocycles. The first-order valence-corrected chi connectivity index (χ1v) is 9.10. The molecule has 1 amide bonds. The van der Waals surface area contributed by atoms with Crippen LogP contribution in [0.1, 0.15) is 15.9 Å². The lowest BCUT2D eigenvalue weighted by atomic mass is 10.1. The SMILES string of the molecule is COc1cccc(C(F)(F)F)c1Nc1sn(C)c(=O)c1C(=O)N1CCOCC1. The number of hydrogen-bond acceptors (Lipinski definition) is 6. The molecular formula is C17H18F3N3O4S. The monoisotopic (exact) mass is 417 g/mol. The summed E-state index contributed by atoms with van der Waals surface area (Å²) in [7, 11) is 2.69. The molecule has 0 aliphatic carbocycles. The molecule has 0 bridgehead atoms. The van der Waals surface area contributed by atoms with Crippen molar-refractivity contribution in [2.45, 2.75) is 6.18 Å². The minimum absolute atomic E-state index is 0.0268. The first kappa shape index (κ1) is 20.2. The summed E-state index contributed by atoms with van der Waals surface area (Å²) in [6.07, 6.45) is -4.65. The van der Waals surface area contributed by atoms with Gasteiger partial charge in [0.2, 0.25) is 0 Å². The van der Waals surface area contributed by atoms with Crippen LogP contribution in [-0.2, 0) is 18.0 Å². The molecule has 7 nitrogen and oxygen atoms in total. The summed E-state index contributed by atoms with van der Waals surface area (Å²) in [4.78, 5) is 26.8. The molecule has 1 N–H and O–H groups in total. The number of aromatic nitrogens is 1. The summed E-state index contributed by atoms with van der Waals surface area (Å²) in [6.45, 7) is 1.28. The van der Waals surface area contributed by atoms with Crippen molar-refractivity contribution in [3.05, 3.63) is 39.7 Å². The number of amides is 1. The van der Waals surface area contributed by atoms with E-state index in [9.17, 15) is 22.8 Å². The van der Waals surface area contributed by atoms with E-state index in [1.54, 1.807) is 0 Å². The van der Waals surface area contributed by atoms with Crippen LogP contribution in [0.3, 0.4) is 0 Å². The van der Waals surface area contributed by atoms with E-state index in [-0.39, 0.29) is 22.0 Å². The fourth-order valence-electron chi connectivity index (χ4n) is 2.86. The highest BCUT2D eigenvalue weighted by molar-refractivity contribution is 7.11. The number of carbonyl (C=O) groups excluding carboxylic acids is 1. The summed E-state index contributed by atoms with van der Waals surface area (Å²) in [5, 5.41) is 2.65. The van der Waals surface area contributed by atoms with Crippen molar-refractivity contribution in [2.75, 3.05) is 38.7 Å². The van der Waals surface area contributed by atoms with Crippen LogP contribution in [-0.4, -0.2) is 48.2 Å². The third-order valence-corrected chi connectivity index (χ3v) is 5.19. The van der Waals surface area contributed by atoms with E-state index in [2.05, 4.69) is 5.32 Å². The maximum Gasteiger partial charge on any atom is 0.418 e. The van der Waals surface area contributed by atoms with E-state index in [1.165, 1.54) is 35.1 Å². The van der Waals surface area contributed by atoms with Crippen LogP contribution >= 0.6 is 11.5 Å². The second kappa shape index (κ2) is 7.84. The van der Waals surface area contributed by atoms with Crippen molar-refractivity contribution in [2.24, 2.45) is 7.05 Å². The number of nitrogens with one attached hydrogen (secondary N) is 1. The molecule has 1 aliphatic heterocycles. The predicted octanol–water partition coefficient (Wildman–Crippen LogP) is 2.69. The van der Waals surface area contributed by atoms with E-state index < -0.39 is 23.2 Å². The summed E-state index contributed by atoms with van der Waals surface area (Å²) in [5.74, 6) is -0.598. The van der Waals surface area contributed by atoms with Gasteiger partial charge in [-0.1, -0.05) is 6.07 Å². The molecule has 2 aromatic rings. The van der Waals surface area contributed by atoms with Gasteiger partial charge < -0.3 is 19.7 Å². The Morgan fingerprint density at radius 1 is 1.29 bits per heavy atom. The average molecular weight is 417 g/mol. The molecule has 2 heterocycles. The van der Waals surface area contributed by atoms with E-state index in [4.69, 9.17) is 9.47 Å². The number of para-hydroxylation sites is 1. The van der Waals surface area contributed by atoms with Gasteiger partial charge in [-0.25, -0.2) is 0 Å². The van der Waals surface area contributed by atoms with Gasteiger partial charge in [0.1, 0.15) is 16.3 Å². The third-order valence-electron chi connectivity index (χ3n) is 4.26. The number of nitrogens with zero attached hydrogens (tertiary/aromatic N) is 2. The van der Waals surface area contributed by atoms with Crippen LogP contribution in [0.25, 0.3) is 0 Å². The van der Waals surface area contributed by atoms with Crippen molar-refractivity contribution in [3.8, 4) is 5.75 Å². The zero-order valence-electron chi connectivity index (χ0n) is 15.1. The Bertz CT molecular complexity index is 933. The van der Waals surface area contributed by atoms with Gasteiger partial charge in [0.25, 0.3) is 11.5 Å². The first-order chi connectivity index (χ1) is 13.2. The summed E-state index contributed by atoms with van der Waals surface area (Å²) in [5.41, 5.74) is -2.09. The highest BCUT2D eigenvalue weighted by atomic mass is 32.1. The Morgan fingerprint density at radius 3 is 2.57 bits per heavy atom. The number of carbonyl (C=O) groups is 1. The number of morpholine rings is 1. The number of methoxy groups -OCH3 is 1. The highest BCUT2D eigenvalue weighted by Gasteiger charge is 2.36. The highest BCUT2D eigenvalue weighted by Crippen LogP contribution is 2.42.